The van der Waals surface area contributed by atoms with Gasteiger partial charge < -0.3 is 4.74 Å². The molecule has 0 bridgehead atoms. The van der Waals surface area contributed by atoms with Crippen molar-refractivity contribution in [2.24, 2.45) is 0 Å². The van der Waals surface area contributed by atoms with E-state index in [-0.39, 0.29) is 0 Å². The van der Waals surface area contributed by atoms with Crippen molar-refractivity contribution in [3.63, 3.8) is 0 Å². The van der Waals surface area contributed by atoms with Crippen LogP contribution >= 0.6 is 0 Å². The fraction of sp³-hybridized carbons (Fsp3) is 0.400. The van der Waals surface area contributed by atoms with E-state index < -0.39 is 0 Å². The monoisotopic (exact) mass is 100 g/mol. The summed E-state index contributed by atoms with van der Waals surface area (Å²) in [6, 6.07) is 0. The van der Waals surface area contributed by atoms with Crippen molar-refractivity contribution < 1.29 is 9.53 Å². The summed E-state index contributed by atoms with van der Waals surface area (Å²) in [4.78, 5) is 9.42. The van der Waals surface area contributed by atoms with Crippen molar-refractivity contribution in [2.45, 2.75) is 6.92 Å². The van der Waals surface area contributed by atoms with Gasteiger partial charge in [0, 0.05) is 0 Å². The second-order valence-corrected chi connectivity index (χ2v) is 0.999. The van der Waals surface area contributed by atoms with Crippen LogP contribution in [0.1, 0.15) is 6.92 Å². The van der Waals surface area contributed by atoms with Gasteiger partial charge in [-0.3, -0.25) is 4.79 Å². The molecule has 40 valence electrons. The largest absolute Gasteiger partial charge is 0.464 e. The van der Waals surface area contributed by atoms with Crippen molar-refractivity contribution in [2.75, 3.05) is 6.61 Å². The lowest BCUT2D eigenvalue weighted by Crippen LogP contribution is -1.83. The van der Waals surface area contributed by atoms with Crippen LogP contribution in [0.15, 0.2) is 12.2 Å². The molecule has 0 saturated carbocycles. The molecule has 2 heteroatoms. The van der Waals surface area contributed by atoms with Gasteiger partial charge in [0.05, 0.1) is 0 Å². The molecule has 0 fully saturated rings. The average molecular weight is 100 g/mol. The lowest BCUT2D eigenvalue weighted by atomic mass is 10.6. The summed E-state index contributed by atoms with van der Waals surface area (Å²) in [7, 11) is 0. The van der Waals surface area contributed by atoms with Crippen LogP contribution in [0, 0.1) is 0 Å². The molecule has 0 aromatic heterocycles. The zero-order valence-electron chi connectivity index (χ0n) is 4.26. The van der Waals surface area contributed by atoms with Gasteiger partial charge in [0.1, 0.15) is 6.61 Å². The first-order chi connectivity index (χ1) is 3.41. The van der Waals surface area contributed by atoms with E-state index in [0.717, 1.165) is 0 Å². The van der Waals surface area contributed by atoms with Gasteiger partial charge in [-0.05, 0) is 6.92 Å². The molecule has 0 aromatic carbocycles. The number of rotatable bonds is 3. The Kier molecular flexibility index (Phi) is 4.62. The number of ether oxygens (including phenoxy) is 1. The minimum atomic E-state index is 0.389. The van der Waals surface area contributed by atoms with Gasteiger partial charge in [-0.25, -0.2) is 0 Å². The van der Waals surface area contributed by atoms with E-state index >= 15 is 0 Å². The van der Waals surface area contributed by atoms with Gasteiger partial charge in [-0.15, -0.1) is 0 Å². The van der Waals surface area contributed by atoms with Gasteiger partial charge >= 0.3 is 0 Å². The summed E-state index contributed by atoms with van der Waals surface area (Å²) in [5.74, 6) is 0. The highest BCUT2D eigenvalue weighted by Gasteiger charge is 1.68. The van der Waals surface area contributed by atoms with E-state index in [4.69, 9.17) is 0 Å². The number of hydrogen-bond acceptors (Lipinski definition) is 2. The molecule has 0 amide bonds. The van der Waals surface area contributed by atoms with E-state index in [9.17, 15) is 4.79 Å². The third-order valence-electron chi connectivity index (χ3n) is 0.496. The summed E-state index contributed by atoms with van der Waals surface area (Å²) in [5, 5.41) is 0. The maximum Gasteiger partial charge on any atom is 0.293 e. The van der Waals surface area contributed by atoms with Crippen LogP contribution in [0.2, 0.25) is 0 Å². The summed E-state index contributed by atoms with van der Waals surface area (Å²) >= 11 is 0. The Morgan fingerprint density at radius 3 is 2.86 bits per heavy atom. The van der Waals surface area contributed by atoms with E-state index in [1.807, 2.05) is 13.0 Å². The van der Waals surface area contributed by atoms with Crippen molar-refractivity contribution in [1.82, 2.24) is 0 Å². The third-order valence-corrected chi connectivity index (χ3v) is 0.496. The molecule has 0 aliphatic heterocycles. The predicted octanol–water partition coefficient (Wildman–Crippen LogP) is 0.736. The Labute approximate surface area is 42.8 Å². The normalized spacial score (nSPS) is 9.29. The van der Waals surface area contributed by atoms with Crippen LogP contribution < -0.4 is 0 Å². The average Bonchev–Trinajstić information content (AvgIpc) is 1.69. The molecule has 0 heterocycles. The fourth-order valence-corrected chi connectivity index (χ4v) is 0.191. The first-order valence-electron chi connectivity index (χ1n) is 2.08. The number of carbonyl (C=O) groups is 1. The Morgan fingerprint density at radius 1 is 1.71 bits per heavy atom. The molecule has 0 aliphatic rings. The van der Waals surface area contributed by atoms with Gasteiger partial charge in [-0.1, -0.05) is 12.2 Å². The molecule has 0 rings (SSSR count). The van der Waals surface area contributed by atoms with Crippen LogP contribution in [0.5, 0.6) is 0 Å². The van der Waals surface area contributed by atoms with E-state index in [1.54, 1.807) is 6.08 Å². The van der Waals surface area contributed by atoms with Crippen molar-refractivity contribution in [3.8, 4) is 0 Å². The van der Waals surface area contributed by atoms with Crippen molar-refractivity contribution in [1.29, 1.82) is 0 Å². The van der Waals surface area contributed by atoms with E-state index in [2.05, 4.69) is 4.74 Å². The molecule has 0 spiro atoms. The maximum absolute atomic E-state index is 9.42. The highest BCUT2D eigenvalue weighted by molar-refractivity contribution is 5.37. The molecule has 7 heavy (non-hydrogen) atoms. The number of allylic oxidation sites excluding steroid dienone is 1. The van der Waals surface area contributed by atoms with Gasteiger partial charge in [0.2, 0.25) is 0 Å². The highest BCUT2D eigenvalue weighted by Crippen LogP contribution is 1.69. The van der Waals surface area contributed by atoms with Crippen LogP contribution in [-0.2, 0) is 9.53 Å². The molecule has 0 atom stereocenters. The molecule has 0 N–H and O–H groups in total. The minimum Gasteiger partial charge on any atom is -0.464 e. The third kappa shape index (κ3) is 5.21. The zero-order valence-corrected chi connectivity index (χ0v) is 4.26. The smallest absolute Gasteiger partial charge is 0.293 e. The molecule has 2 nitrogen and oxygen atoms in total. The summed E-state index contributed by atoms with van der Waals surface area (Å²) in [6.45, 7) is 2.69. The molecular weight excluding hydrogens is 92.1 g/mol. The Balaban J connectivity index is 2.82. The summed E-state index contributed by atoms with van der Waals surface area (Å²) in [5.41, 5.74) is 0. The quantitative estimate of drug-likeness (QED) is 0.297. The first kappa shape index (κ1) is 6.21. The van der Waals surface area contributed by atoms with Crippen LogP contribution in [0.4, 0.5) is 0 Å². The molecule has 0 aromatic rings. The molecule has 0 radical (unpaired) electrons. The van der Waals surface area contributed by atoms with Gasteiger partial charge in [-0.2, -0.15) is 0 Å². The second kappa shape index (κ2) is 5.21. The fourth-order valence-electron chi connectivity index (χ4n) is 0.191. The van der Waals surface area contributed by atoms with Gasteiger partial charge in [0.25, 0.3) is 6.47 Å². The van der Waals surface area contributed by atoms with Crippen molar-refractivity contribution in [3.05, 3.63) is 12.2 Å². The predicted molar refractivity (Wildman–Crippen MR) is 26.8 cm³/mol. The molecular formula is C5H8O2. The zero-order chi connectivity index (χ0) is 5.54. The second-order valence-electron chi connectivity index (χ2n) is 0.999. The van der Waals surface area contributed by atoms with E-state index in [0.29, 0.717) is 13.1 Å². The Hall–Kier alpha value is -0.790. The van der Waals surface area contributed by atoms with E-state index in [1.165, 1.54) is 0 Å². The Morgan fingerprint density at radius 2 is 2.43 bits per heavy atom. The number of carbonyl (C=O) groups excluding carboxylic acids is 1. The molecule has 0 unspecified atom stereocenters. The lowest BCUT2D eigenvalue weighted by Gasteiger charge is -1.84. The highest BCUT2D eigenvalue weighted by atomic mass is 16.5. The number of hydrogen-bond donors (Lipinski definition) is 0. The first-order valence-corrected chi connectivity index (χ1v) is 2.08. The standard InChI is InChI=1S/C5H8O2/c1-2-3-4-7-5-6/h2-3,5H,4H2,1H3/b3-2+. The van der Waals surface area contributed by atoms with Crippen molar-refractivity contribution >= 4 is 6.47 Å². The SMILES string of the molecule is C/C=C/COC=O. The Bertz CT molecular complexity index is 66.5. The topological polar surface area (TPSA) is 26.3 Å². The summed E-state index contributed by atoms with van der Waals surface area (Å²) in [6.07, 6.45) is 3.58. The maximum atomic E-state index is 9.42. The van der Waals surface area contributed by atoms with Crippen LogP contribution in [-0.4, -0.2) is 13.1 Å². The molecule has 0 saturated heterocycles. The minimum absolute atomic E-state index is 0.389. The van der Waals surface area contributed by atoms with Gasteiger partial charge in [0.15, 0.2) is 0 Å². The molecule has 0 aliphatic carbocycles. The van der Waals surface area contributed by atoms with Crippen LogP contribution in [0.25, 0.3) is 0 Å². The van der Waals surface area contributed by atoms with Crippen LogP contribution in [0.3, 0.4) is 0 Å². The summed E-state index contributed by atoms with van der Waals surface area (Å²) < 4.78 is 4.31. The lowest BCUT2D eigenvalue weighted by molar-refractivity contribution is -0.127.